The fourth-order valence-electron chi connectivity index (χ4n) is 1.57. The molecule has 0 amide bonds. The van der Waals surface area contributed by atoms with Gasteiger partial charge in [-0.15, -0.1) is 0 Å². The number of carboxylic acid groups (broad SMARTS) is 1. The minimum absolute atomic E-state index is 0.307. The molecule has 0 saturated heterocycles. The third-order valence-corrected chi connectivity index (χ3v) is 2.45. The maximum Gasteiger partial charge on any atom is 0.335 e. The third-order valence-electron chi connectivity index (χ3n) is 2.45. The van der Waals surface area contributed by atoms with E-state index in [1.54, 1.807) is 30.7 Å². The Morgan fingerprint density at radius 2 is 2.24 bits per heavy atom. The molecule has 2 heterocycles. The number of carbonyl (C=O) groups is 1. The van der Waals surface area contributed by atoms with Crippen LogP contribution in [0.5, 0.6) is 0 Å². The normalized spacial score (nSPS) is 18.4. The van der Waals surface area contributed by atoms with Crippen LogP contribution in [0.3, 0.4) is 0 Å². The van der Waals surface area contributed by atoms with Gasteiger partial charge < -0.3 is 10.4 Å². The first-order valence-corrected chi connectivity index (χ1v) is 5.26. The maximum atomic E-state index is 11.0. The first kappa shape index (κ1) is 11.3. The molecule has 0 spiro atoms. The van der Waals surface area contributed by atoms with Crippen molar-refractivity contribution in [2.45, 2.75) is 12.7 Å². The molecule has 5 heteroatoms. The van der Waals surface area contributed by atoms with Gasteiger partial charge in [0.05, 0.1) is 5.57 Å². The van der Waals surface area contributed by atoms with Crippen LogP contribution < -0.4 is 10.6 Å². The zero-order chi connectivity index (χ0) is 12.1. The molecule has 1 unspecified atom stereocenters. The fourth-order valence-corrected chi connectivity index (χ4v) is 1.57. The smallest absolute Gasteiger partial charge is 0.335 e. The summed E-state index contributed by atoms with van der Waals surface area (Å²) in [5.41, 5.74) is 1.36. The summed E-state index contributed by atoms with van der Waals surface area (Å²) in [5.74, 6) is -0.922. The molecule has 0 aliphatic carbocycles. The van der Waals surface area contributed by atoms with Crippen LogP contribution in [-0.2, 0) is 11.3 Å². The van der Waals surface area contributed by atoms with Crippen molar-refractivity contribution in [3.05, 3.63) is 54.0 Å². The minimum atomic E-state index is -0.922. The van der Waals surface area contributed by atoms with E-state index in [0.717, 1.165) is 5.56 Å². The van der Waals surface area contributed by atoms with Crippen molar-refractivity contribution in [2.24, 2.45) is 0 Å². The zero-order valence-electron chi connectivity index (χ0n) is 9.13. The summed E-state index contributed by atoms with van der Waals surface area (Å²) in [6, 6.07) is 3.77. The highest BCUT2D eigenvalue weighted by atomic mass is 16.4. The lowest BCUT2D eigenvalue weighted by Crippen LogP contribution is -2.44. The van der Waals surface area contributed by atoms with Gasteiger partial charge in [-0.25, -0.2) is 4.79 Å². The number of dihydropyridines is 1. The van der Waals surface area contributed by atoms with Crippen LogP contribution in [0.15, 0.2) is 48.5 Å². The van der Waals surface area contributed by atoms with Crippen molar-refractivity contribution in [3.8, 4) is 0 Å². The molecule has 1 aromatic heterocycles. The molecule has 0 radical (unpaired) electrons. The number of hydrogen-bond acceptors (Lipinski definition) is 4. The Labute approximate surface area is 98.9 Å². The molecule has 88 valence electrons. The van der Waals surface area contributed by atoms with Gasteiger partial charge in [0.1, 0.15) is 6.17 Å². The van der Waals surface area contributed by atoms with Gasteiger partial charge in [-0.2, -0.15) is 0 Å². The molecule has 3 N–H and O–H groups in total. The second-order valence-electron chi connectivity index (χ2n) is 3.62. The fraction of sp³-hybridized carbons (Fsp3) is 0.167. The van der Waals surface area contributed by atoms with Gasteiger partial charge in [0, 0.05) is 18.9 Å². The van der Waals surface area contributed by atoms with E-state index < -0.39 is 5.97 Å². The highest BCUT2D eigenvalue weighted by Gasteiger charge is 2.19. The lowest BCUT2D eigenvalue weighted by Gasteiger charge is -2.22. The predicted octanol–water partition coefficient (Wildman–Crippen LogP) is 0.625. The van der Waals surface area contributed by atoms with E-state index in [0.29, 0.717) is 12.1 Å². The van der Waals surface area contributed by atoms with E-state index in [4.69, 9.17) is 5.11 Å². The number of hydrogen-bond donors (Lipinski definition) is 3. The Bertz CT molecular complexity index is 454. The number of aliphatic carboxylic acids is 1. The topological polar surface area (TPSA) is 74.2 Å². The van der Waals surface area contributed by atoms with Gasteiger partial charge in [0.15, 0.2) is 0 Å². The van der Waals surface area contributed by atoms with Crippen LogP contribution in [0, 0.1) is 0 Å². The monoisotopic (exact) mass is 231 g/mol. The largest absolute Gasteiger partial charge is 0.478 e. The highest BCUT2D eigenvalue weighted by molar-refractivity contribution is 5.88. The number of carboxylic acids is 1. The average molecular weight is 231 g/mol. The molecule has 1 aliphatic rings. The molecule has 17 heavy (non-hydrogen) atoms. The maximum absolute atomic E-state index is 11.0. The summed E-state index contributed by atoms with van der Waals surface area (Å²) < 4.78 is 0. The van der Waals surface area contributed by atoms with Crippen molar-refractivity contribution >= 4 is 5.97 Å². The van der Waals surface area contributed by atoms with Gasteiger partial charge in [-0.3, -0.25) is 10.3 Å². The Kier molecular flexibility index (Phi) is 3.52. The van der Waals surface area contributed by atoms with Gasteiger partial charge >= 0.3 is 5.97 Å². The third kappa shape index (κ3) is 2.92. The van der Waals surface area contributed by atoms with Gasteiger partial charge in [-0.1, -0.05) is 0 Å². The number of nitrogens with one attached hydrogen (secondary N) is 2. The zero-order valence-corrected chi connectivity index (χ0v) is 9.13. The van der Waals surface area contributed by atoms with Crippen molar-refractivity contribution in [3.63, 3.8) is 0 Å². The summed E-state index contributed by atoms with van der Waals surface area (Å²) in [6.45, 7) is 0.582. The minimum Gasteiger partial charge on any atom is -0.478 e. The molecule has 0 aromatic carbocycles. The van der Waals surface area contributed by atoms with E-state index in [1.807, 2.05) is 12.1 Å². The molecular formula is C12H13N3O2. The van der Waals surface area contributed by atoms with E-state index >= 15 is 0 Å². The van der Waals surface area contributed by atoms with E-state index in [2.05, 4.69) is 15.6 Å². The first-order valence-electron chi connectivity index (χ1n) is 5.26. The molecule has 0 saturated carbocycles. The Morgan fingerprint density at radius 3 is 2.94 bits per heavy atom. The summed E-state index contributed by atoms with van der Waals surface area (Å²) in [7, 11) is 0. The number of allylic oxidation sites excluding steroid dienone is 2. The van der Waals surface area contributed by atoms with Gasteiger partial charge in [-0.05, 0) is 36.0 Å². The highest BCUT2D eigenvalue weighted by Crippen LogP contribution is 2.06. The molecule has 0 fully saturated rings. The van der Waals surface area contributed by atoms with Crippen LogP contribution in [0.1, 0.15) is 5.56 Å². The van der Waals surface area contributed by atoms with Crippen LogP contribution in [0.4, 0.5) is 0 Å². The molecular weight excluding hydrogens is 218 g/mol. The molecule has 1 atom stereocenters. The summed E-state index contributed by atoms with van der Waals surface area (Å²) in [4.78, 5) is 14.9. The van der Waals surface area contributed by atoms with Crippen molar-refractivity contribution in [2.75, 3.05) is 0 Å². The van der Waals surface area contributed by atoms with Crippen LogP contribution in [0.2, 0.25) is 0 Å². The number of aromatic nitrogens is 1. The van der Waals surface area contributed by atoms with Crippen molar-refractivity contribution in [1.29, 1.82) is 0 Å². The summed E-state index contributed by atoms with van der Waals surface area (Å²) in [6.07, 6.45) is 8.03. The molecule has 2 rings (SSSR count). The predicted molar refractivity (Wildman–Crippen MR) is 62.9 cm³/mol. The number of pyridine rings is 1. The first-order chi connectivity index (χ1) is 8.27. The van der Waals surface area contributed by atoms with Crippen LogP contribution in [0.25, 0.3) is 0 Å². The summed E-state index contributed by atoms with van der Waals surface area (Å²) in [5, 5.41) is 15.1. The van der Waals surface area contributed by atoms with E-state index in [9.17, 15) is 4.79 Å². The molecule has 1 aliphatic heterocycles. The lowest BCUT2D eigenvalue weighted by molar-refractivity contribution is -0.133. The quantitative estimate of drug-likeness (QED) is 0.708. The van der Waals surface area contributed by atoms with Crippen LogP contribution >= 0.6 is 0 Å². The van der Waals surface area contributed by atoms with Gasteiger partial charge in [0.25, 0.3) is 0 Å². The Morgan fingerprint density at radius 1 is 1.47 bits per heavy atom. The van der Waals surface area contributed by atoms with Gasteiger partial charge in [0.2, 0.25) is 0 Å². The standard InChI is InChI=1S/C12H13N3O2/c16-12(17)10-2-1-5-14-11(10)15-8-9-3-6-13-7-4-9/h1-7,11,14-15H,8H2,(H,16,17). The Hall–Kier alpha value is -2.14. The Balaban J connectivity index is 1.98. The second kappa shape index (κ2) is 5.27. The lowest BCUT2D eigenvalue weighted by atomic mass is 10.1. The summed E-state index contributed by atoms with van der Waals surface area (Å²) >= 11 is 0. The number of rotatable bonds is 4. The molecule has 0 bridgehead atoms. The van der Waals surface area contributed by atoms with Crippen molar-refractivity contribution < 1.29 is 9.90 Å². The van der Waals surface area contributed by atoms with E-state index in [-0.39, 0.29) is 6.17 Å². The van der Waals surface area contributed by atoms with Crippen molar-refractivity contribution in [1.82, 2.24) is 15.6 Å². The van der Waals surface area contributed by atoms with Crippen LogP contribution in [-0.4, -0.2) is 22.2 Å². The average Bonchev–Trinajstić information content (AvgIpc) is 2.38. The second-order valence-corrected chi connectivity index (χ2v) is 3.62. The number of nitrogens with zero attached hydrogens (tertiary/aromatic N) is 1. The molecule has 1 aromatic rings. The SMILES string of the molecule is O=C(O)C1=CC=CNC1NCc1ccncc1. The molecule has 5 nitrogen and oxygen atoms in total. The van der Waals surface area contributed by atoms with E-state index in [1.165, 1.54) is 0 Å².